The van der Waals surface area contributed by atoms with Crippen LogP contribution in [0.15, 0.2) is 53.0 Å². The molecular weight excluding hydrogens is 351 g/mol. The largest absolute Gasteiger partial charge is 0.362 e. The van der Waals surface area contributed by atoms with E-state index in [1.54, 1.807) is 12.1 Å². The van der Waals surface area contributed by atoms with E-state index in [1.807, 2.05) is 18.2 Å². The van der Waals surface area contributed by atoms with Crippen LogP contribution < -0.4 is 10.6 Å². The third-order valence-corrected chi connectivity index (χ3v) is 3.88. The Morgan fingerprint density at radius 2 is 1.81 bits per heavy atom. The van der Waals surface area contributed by atoms with Gasteiger partial charge in [0.2, 0.25) is 0 Å². The molecule has 0 atom stereocenters. The van der Waals surface area contributed by atoms with Crippen LogP contribution in [-0.4, -0.2) is 11.7 Å². The first-order chi connectivity index (χ1) is 10.1. The minimum absolute atomic E-state index is 0.262. The first kappa shape index (κ1) is 15.9. The van der Waals surface area contributed by atoms with Gasteiger partial charge in [0.05, 0.1) is 4.47 Å². The fourth-order valence-electron chi connectivity index (χ4n) is 1.86. The maximum Gasteiger partial charge on any atom is 0.166 e. The fraction of sp³-hybridized carbons (Fsp3) is 0.188. The maximum atomic E-state index is 13.1. The molecule has 5 heteroatoms. The molecule has 0 aliphatic rings. The van der Waals surface area contributed by atoms with Crippen molar-refractivity contribution in [2.24, 2.45) is 0 Å². The lowest BCUT2D eigenvalue weighted by Gasteiger charge is -2.11. The molecular formula is C16H16BrFN2S. The van der Waals surface area contributed by atoms with E-state index in [-0.39, 0.29) is 5.82 Å². The van der Waals surface area contributed by atoms with E-state index in [4.69, 9.17) is 12.2 Å². The summed E-state index contributed by atoms with van der Waals surface area (Å²) in [7, 11) is 0. The molecule has 0 radical (unpaired) electrons. The molecule has 0 aromatic heterocycles. The van der Waals surface area contributed by atoms with Gasteiger partial charge in [-0.15, -0.1) is 0 Å². The Morgan fingerprint density at radius 1 is 1.05 bits per heavy atom. The number of hydrogen-bond donors (Lipinski definition) is 2. The van der Waals surface area contributed by atoms with Gasteiger partial charge in [0.1, 0.15) is 5.82 Å². The highest BCUT2D eigenvalue weighted by Gasteiger charge is 2.01. The summed E-state index contributed by atoms with van der Waals surface area (Å²) in [5.41, 5.74) is 2.24. The zero-order valence-electron chi connectivity index (χ0n) is 11.4. The third kappa shape index (κ3) is 5.44. The van der Waals surface area contributed by atoms with Crippen molar-refractivity contribution in [1.29, 1.82) is 0 Å². The molecule has 0 unspecified atom stereocenters. The monoisotopic (exact) mass is 366 g/mol. The zero-order chi connectivity index (χ0) is 15.1. The summed E-state index contributed by atoms with van der Waals surface area (Å²) in [6, 6.07) is 15.2. The second-order valence-electron chi connectivity index (χ2n) is 4.59. The number of thiocarbonyl (C=S) groups is 1. The lowest BCUT2D eigenvalue weighted by molar-refractivity contribution is 0.620. The highest BCUT2D eigenvalue weighted by atomic mass is 79.9. The van der Waals surface area contributed by atoms with Gasteiger partial charge in [0, 0.05) is 13.1 Å². The van der Waals surface area contributed by atoms with Gasteiger partial charge in [-0.2, -0.15) is 0 Å². The van der Waals surface area contributed by atoms with Crippen molar-refractivity contribution >= 4 is 33.3 Å². The highest BCUT2D eigenvalue weighted by molar-refractivity contribution is 9.10. The van der Waals surface area contributed by atoms with Gasteiger partial charge in [-0.3, -0.25) is 0 Å². The number of rotatable bonds is 5. The van der Waals surface area contributed by atoms with Gasteiger partial charge in [-0.05, 0) is 57.8 Å². The standard InChI is InChI=1S/C16H16BrFN2S/c17-14-10-13(6-7-15(14)18)11-20-16(21)19-9-8-12-4-2-1-3-5-12/h1-7,10H,8-9,11H2,(H2,19,20,21). The van der Waals surface area contributed by atoms with Crippen LogP contribution in [0.3, 0.4) is 0 Å². The second kappa shape index (κ2) is 8.10. The number of benzene rings is 2. The van der Waals surface area contributed by atoms with Gasteiger partial charge in [-0.25, -0.2) is 4.39 Å². The Labute approximate surface area is 137 Å². The van der Waals surface area contributed by atoms with Crippen molar-refractivity contribution < 1.29 is 4.39 Å². The SMILES string of the molecule is Fc1ccc(CNC(=S)NCCc2ccccc2)cc1Br. The summed E-state index contributed by atoms with van der Waals surface area (Å²) >= 11 is 8.39. The maximum absolute atomic E-state index is 13.1. The van der Waals surface area contributed by atoms with E-state index < -0.39 is 0 Å². The Hall–Kier alpha value is -1.46. The molecule has 0 spiro atoms. The Kier molecular flexibility index (Phi) is 6.14. The lowest BCUT2D eigenvalue weighted by atomic mass is 10.1. The fourth-order valence-corrected chi connectivity index (χ4v) is 2.46. The average molecular weight is 367 g/mol. The first-order valence-electron chi connectivity index (χ1n) is 6.65. The summed E-state index contributed by atoms with van der Waals surface area (Å²) in [4.78, 5) is 0. The Balaban J connectivity index is 1.71. The minimum atomic E-state index is -0.262. The van der Waals surface area contributed by atoms with E-state index in [0.29, 0.717) is 16.1 Å². The molecule has 0 bridgehead atoms. The average Bonchev–Trinajstić information content (AvgIpc) is 2.49. The molecule has 0 saturated heterocycles. The topological polar surface area (TPSA) is 24.1 Å². The van der Waals surface area contributed by atoms with Gasteiger partial charge in [-0.1, -0.05) is 36.4 Å². The van der Waals surface area contributed by atoms with Crippen molar-refractivity contribution in [2.45, 2.75) is 13.0 Å². The molecule has 110 valence electrons. The molecule has 2 rings (SSSR count). The molecule has 2 nitrogen and oxygen atoms in total. The smallest absolute Gasteiger partial charge is 0.166 e. The first-order valence-corrected chi connectivity index (χ1v) is 7.85. The van der Waals surface area contributed by atoms with Crippen molar-refractivity contribution in [2.75, 3.05) is 6.54 Å². The predicted molar refractivity (Wildman–Crippen MR) is 91.7 cm³/mol. The molecule has 0 saturated carbocycles. The van der Waals surface area contributed by atoms with Crippen LogP contribution in [0, 0.1) is 5.82 Å². The number of halogens is 2. The van der Waals surface area contributed by atoms with Gasteiger partial charge >= 0.3 is 0 Å². The van der Waals surface area contributed by atoms with Crippen molar-refractivity contribution in [3.8, 4) is 0 Å². The van der Waals surface area contributed by atoms with Gasteiger partial charge < -0.3 is 10.6 Å². The Morgan fingerprint density at radius 3 is 2.52 bits per heavy atom. The van der Waals surface area contributed by atoms with E-state index in [9.17, 15) is 4.39 Å². The summed E-state index contributed by atoms with van der Waals surface area (Å²) in [5, 5.41) is 6.87. The molecule has 0 amide bonds. The van der Waals surface area contributed by atoms with Crippen LogP contribution in [0.5, 0.6) is 0 Å². The summed E-state index contributed by atoms with van der Waals surface area (Å²) in [6.45, 7) is 1.35. The van der Waals surface area contributed by atoms with Crippen LogP contribution in [0.1, 0.15) is 11.1 Å². The minimum Gasteiger partial charge on any atom is -0.362 e. The summed E-state index contributed by atoms with van der Waals surface area (Å²) in [5.74, 6) is -0.262. The third-order valence-electron chi connectivity index (χ3n) is 2.98. The molecule has 2 aromatic rings. The zero-order valence-corrected chi connectivity index (χ0v) is 13.8. The van der Waals surface area contributed by atoms with Gasteiger partial charge in [0.25, 0.3) is 0 Å². The molecule has 0 fully saturated rings. The quantitative estimate of drug-likeness (QED) is 0.787. The van der Waals surface area contributed by atoms with Crippen LogP contribution in [0.25, 0.3) is 0 Å². The van der Waals surface area contributed by atoms with Crippen molar-refractivity contribution in [1.82, 2.24) is 10.6 Å². The summed E-state index contributed by atoms with van der Waals surface area (Å²) in [6.07, 6.45) is 0.921. The number of nitrogens with one attached hydrogen (secondary N) is 2. The number of hydrogen-bond acceptors (Lipinski definition) is 1. The predicted octanol–water partition coefficient (Wildman–Crippen LogP) is 3.80. The van der Waals surface area contributed by atoms with E-state index in [2.05, 4.69) is 38.7 Å². The molecule has 0 heterocycles. The molecule has 0 aliphatic heterocycles. The molecule has 21 heavy (non-hydrogen) atoms. The van der Waals surface area contributed by atoms with E-state index >= 15 is 0 Å². The Bertz CT molecular complexity index is 604. The summed E-state index contributed by atoms with van der Waals surface area (Å²) < 4.78 is 13.6. The molecule has 2 N–H and O–H groups in total. The highest BCUT2D eigenvalue weighted by Crippen LogP contribution is 2.16. The van der Waals surface area contributed by atoms with Crippen LogP contribution in [0.2, 0.25) is 0 Å². The van der Waals surface area contributed by atoms with Crippen LogP contribution >= 0.6 is 28.1 Å². The molecule has 0 aliphatic carbocycles. The van der Waals surface area contributed by atoms with Crippen LogP contribution in [-0.2, 0) is 13.0 Å². The van der Waals surface area contributed by atoms with Crippen molar-refractivity contribution in [3.63, 3.8) is 0 Å². The van der Waals surface area contributed by atoms with E-state index in [0.717, 1.165) is 18.5 Å². The lowest BCUT2D eigenvalue weighted by Crippen LogP contribution is -2.35. The molecule has 2 aromatic carbocycles. The second-order valence-corrected chi connectivity index (χ2v) is 5.86. The van der Waals surface area contributed by atoms with E-state index in [1.165, 1.54) is 11.6 Å². The van der Waals surface area contributed by atoms with Crippen molar-refractivity contribution in [3.05, 3.63) is 69.9 Å². The van der Waals surface area contributed by atoms with Gasteiger partial charge in [0.15, 0.2) is 5.11 Å². The normalized spacial score (nSPS) is 10.2. The van der Waals surface area contributed by atoms with Crippen LogP contribution in [0.4, 0.5) is 4.39 Å².